The van der Waals surface area contributed by atoms with Crippen molar-refractivity contribution in [3.63, 3.8) is 0 Å². The molecule has 0 unspecified atom stereocenters. The van der Waals surface area contributed by atoms with Gasteiger partial charge in [0, 0.05) is 39.5 Å². The predicted molar refractivity (Wildman–Crippen MR) is 93.9 cm³/mol. The summed E-state index contributed by atoms with van der Waals surface area (Å²) in [6.45, 7) is 10.4. The molecule has 0 aliphatic carbocycles. The summed E-state index contributed by atoms with van der Waals surface area (Å²) in [5.41, 5.74) is 1.13. The Balaban J connectivity index is 2.52. The Bertz CT molecular complexity index is 485. The molecule has 4 nitrogen and oxygen atoms in total. The summed E-state index contributed by atoms with van der Waals surface area (Å²) >= 11 is 0. The molecule has 0 fully saturated rings. The smallest absolute Gasteiger partial charge is 0.224 e. The van der Waals surface area contributed by atoms with Gasteiger partial charge in [0.1, 0.15) is 0 Å². The van der Waals surface area contributed by atoms with Crippen molar-refractivity contribution in [2.75, 3.05) is 19.6 Å². The van der Waals surface area contributed by atoms with Gasteiger partial charge < -0.3 is 9.80 Å². The first kappa shape index (κ1) is 19.2. The minimum atomic E-state index is 0.0459. The molecule has 23 heavy (non-hydrogen) atoms. The molecule has 0 aliphatic heterocycles. The quantitative estimate of drug-likeness (QED) is 0.701. The Labute approximate surface area is 140 Å². The van der Waals surface area contributed by atoms with Crippen LogP contribution in [0.15, 0.2) is 30.3 Å². The van der Waals surface area contributed by atoms with E-state index in [2.05, 4.69) is 13.8 Å². The molecule has 0 bridgehead atoms. The molecule has 1 rings (SSSR count). The fraction of sp³-hybridized carbons (Fsp3) is 0.579. The number of carbonyl (C=O) groups excluding carboxylic acids is 2. The lowest BCUT2D eigenvalue weighted by atomic mass is 10.1. The summed E-state index contributed by atoms with van der Waals surface area (Å²) < 4.78 is 0. The topological polar surface area (TPSA) is 40.6 Å². The van der Waals surface area contributed by atoms with Crippen LogP contribution < -0.4 is 0 Å². The standard InChI is InChI=1S/C19H30N2O2/c1-5-20(15-18-9-7-6-8-10-18)19(23)12-14-21(17(4)22)13-11-16(2)3/h6-10,16H,5,11-15H2,1-4H3. The van der Waals surface area contributed by atoms with Crippen molar-refractivity contribution < 1.29 is 9.59 Å². The van der Waals surface area contributed by atoms with E-state index in [0.717, 1.165) is 18.5 Å². The minimum absolute atomic E-state index is 0.0459. The van der Waals surface area contributed by atoms with E-state index >= 15 is 0 Å². The zero-order valence-electron chi connectivity index (χ0n) is 14.9. The van der Waals surface area contributed by atoms with Gasteiger partial charge in [0.15, 0.2) is 0 Å². The van der Waals surface area contributed by atoms with E-state index in [0.29, 0.717) is 32.0 Å². The SMILES string of the molecule is CCN(Cc1ccccc1)C(=O)CCN(CCC(C)C)C(C)=O. The van der Waals surface area contributed by atoms with Crippen molar-refractivity contribution in [2.45, 2.75) is 47.1 Å². The van der Waals surface area contributed by atoms with Gasteiger partial charge in [-0.15, -0.1) is 0 Å². The van der Waals surface area contributed by atoms with Crippen molar-refractivity contribution in [1.29, 1.82) is 0 Å². The lowest BCUT2D eigenvalue weighted by molar-refractivity contribution is -0.133. The monoisotopic (exact) mass is 318 g/mol. The summed E-state index contributed by atoms with van der Waals surface area (Å²) in [7, 11) is 0. The Morgan fingerprint density at radius 3 is 2.22 bits per heavy atom. The number of rotatable bonds is 9. The van der Waals surface area contributed by atoms with Crippen LogP contribution in [0, 0.1) is 5.92 Å². The molecule has 4 heteroatoms. The lowest BCUT2D eigenvalue weighted by Gasteiger charge is -2.25. The van der Waals surface area contributed by atoms with Gasteiger partial charge >= 0.3 is 0 Å². The highest BCUT2D eigenvalue weighted by Gasteiger charge is 2.16. The van der Waals surface area contributed by atoms with Crippen LogP contribution in [-0.4, -0.2) is 41.2 Å². The van der Waals surface area contributed by atoms with Crippen LogP contribution in [0.4, 0.5) is 0 Å². The molecule has 0 saturated carbocycles. The third-order valence-corrected chi connectivity index (χ3v) is 3.97. The number of amides is 2. The van der Waals surface area contributed by atoms with E-state index in [1.165, 1.54) is 0 Å². The summed E-state index contributed by atoms with van der Waals surface area (Å²) in [6.07, 6.45) is 1.35. The predicted octanol–water partition coefficient (Wildman–Crippen LogP) is 3.32. The highest BCUT2D eigenvalue weighted by Crippen LogP contribution is 2.08. The molecule has 0 aromatic heterocycles. The lowest BCUT2D eigenvalue weighted by Crippen LogP contribution is -2.36. The van der Waals surface area contributed by atoms with E-state index in [1.807, 2.05) is 42.2 Å². The summed E-state index contributed by atoms with van der Waals surface area (Å²) in [6, 6.07) is 10.00. The van der Waals surface area contributed by atoms with Crippen LogP contribution in [0.1, 0.15) is 46.1 Å². The highest BCUT2D eigenvalue weighted by molar-refractivity contribution is 5.78. The van der Waals surface area contributed by atoms with Gasteiger partial charge in [-0.1, -0.05) is 44.2 Å². The Kier molecular flexibility index (Phi) is 8.38. The van der Waals surface area contributed by atoms with Gasteiger partial charge in [0.2, 0.25) is 11.8 Å². The second kappa shape index (κ2) is 10.0. The van der Waals surface area contributed by atoms with Crippen molar-refractivity contribution in [2.24, 2.45) is 5.92 Å². The van der Waals surface area contributed by atoms with Crippen molar-refractivity contribution in [3.8, 4) is 0 Å². The maximum Gasteiger partial charge on any atom is 0.224 e. The van der Waals surface area contributed by atoms with Crippen LogP contribution in [0.25, 0.3) is 0 Å². The van der Waals surface area contributed by atoms with E-state index in [9.17, 15) is 9.59 Å². The third kappa shape index (κ3) is 7.31. The van der Waals surface area contributed by atoms with Gasteiger partial charge in [0.25, 0.3) is 0 Å². The molecular weight excluding hydrogens is 288 g/mol. The molecule has 128 valence electrons. The van der Waals surface area contributed by atoms with Crippen LogP contribution in [0.3, 0.4) is 0 Å². The van der Waals surface area contributed by atoms with Gasteiger partial charge in [-0.2, -0.15) is 0 Å². The van der Waals surface area contributed by atoms with E-state index < -0.39 is 0 Å². The van der Waals surface area contributed by atoms with E-state index in [-0.39, 0.29) is 11.8 Å². The molecule has 0 saturated heterocycles. The zero-order valence-corrected chi connectivity index (χ0v) is 14.9. The minimum Gasteiger partial charge on any atom is -0.342 e. The number of carbonyl (C=O) groups is 2. The van der Waals surface area contributed by atoms with E-state index in [4.69, 9.17) is 0 Å². The largest absolute Gasteiger partial charge is 0.342 e. The van der Waals surface area contributed by atoms with Crippen LogP contribution in [0.2, 0.25) is 0 Å². The third-order valence-electron chi connectivity index (χ3n) is 3.97. The molecule has 0 radical (unpaired) electrons. The molecule has 1 aromatic rings. The van der Waals surface area contributed by atoms with Crippen molar-refractivity contribution >= 4 is 11.8 Å². The molecule has 0 N–H and O–H groups in total. The summed E-state index contributed by atoms with van der Waals surface area (Å²) in [4.78, 5) is 27.8. The maximum absolute atomic E-state index is 12.4. The summed E-state index contributed by atoms with van der Waals surface area (Å²) in [5.74, 6) is 0.703. The average molecular weight is 318 g/mol. The molecule has 0 atom stereocenters. The fourth-order valence-electron chi connectivity index (χ4n) is 2.41. The normalized spacial score (nSPS) is 10.7. The van der Waals surface area contributed by atoms with Crippen LogP contribution in [-0.2, 0) is 16.1 Å². The second-order valence-electron chi connectivity index (χ2n) is 6.33. The van der Waals surface area contributed by atoms with E-state index in [1.54, 1.807) is 11.8 Å². The first-order valence-corrected chi connectivity index (χ1v) is 8.51. The van der Waals surface area contributed by atoms with Crippen LogP contribution >= 0.6 is 0 Å². The van der Waals surface area contributed by atoms with Crippen molar-refractivity contribution in [3.05, 3.63) is 35.9 Å². The summed E-state index contributed by atoms with van der Waals surface area (Å²) in [5, 5.41) is 0. The number of hydrogen-bond acceptors (Lipinski definition) is 2. The number of nitrogens with zero attached hydrogens (tertiary/aromatic N) is 2. The number of hydrogen-bond donors (Lipinski definition) is 0. The van der Waals surface area contributed by atoms with Crippen LogP contribution in [0.5, 0.6) is 0 Å². The van der Waals surface area contributed by atoms with Gasteiger partial charge in [0.05, 0.1) is 0 Å². The zero-order chi connectivity index (χ0) is 17.2. The van der Waals surface area contributed by atoms with Gasteiger partial charge in [-0.3, -0.25) is 9.59 Å². The second-order valence-corrected chi connectivity index (χ2v) is 6.33. The Morgan fingerprint density at radius 2 is 1.70 bits per heavy atom. The molecule has 0 aliphatic rings. The Hall–Kier alpha value is -1.84. The maximum atomic E-state index is 12.4. The van der Waals surface area contributed by atoms with Gasteiger partial charge in [-0.05, 0) is 24.8 Å². The van der Waals surface area contributed by atoms with Crippen molar-refractivity contribution in [1.82, 2.24) is 9.80 Å². The Morgan fingerprint density at radius 1 is 1.04 bits per heavy atom. The first-order chi connectivity index (χ1) is 10.9. The highest BCUT2D eigenvalue weighted by atomic mass is 16.2. The molecule has 0 spiro atoms. The number of benzene rings is 1. The van der Waals surface area contributed by atoms with Gasteiger partial charge in [-0.25, -0.2) is 0 Å². The molecule has 0 heterocycles. The fourth-order valence-corrected chi connectivity index (χ4v) is 2.41. The first-order valence-electron chi connectivity index (χ1n) is 8.51. The molecule has 2 amide bonds. The average Bonchev–Trinajstić information content (AvgIpc) is 2.52. The molecular formula is C19H30N2O2. The molecule has 1 aromatic carbocycles.